The molecule has 0 aliphatic carbocycles. The van der Waals surface area contributed by atoms with Crippen molar-refractivity contribution in [2.24, 2.45) is 5.73 Å². The lowest BCUT2D eigenvalue weighted by molar-refractivity contribution is 0.642. The zero-order chi connectivity index (χ0) is 13.2. The van der Waals surface area contributed by atoms with Crippen LogP contribution in [0.4, 0.5) is 4.39 Å². The number of benzene rings is 1. The Morgan fingerprint density at radius 1 is 1.26 bits per heavy atom. The average molecular weight is 273 g/mol. The van der Waals surface area contributed by atoms with Crippen LogP contribution in [0.3, 0.4) is 0 Å². The minimum absolute atomic E-state index is 0.202. The Morgan fingerprint density at radius 2 is 2.16 bits per heavy atom. The molecule has 1 aromatic carbocycles. The lowest BCUT2D eigenvalue weighted by Crippen LogP contribution is -2.05. The third-order valence-electron chi connectivity index (χ3n) is 2.91. The van der Waals surface area contributed by atoms with Crippen LogP contribution in [0.15, 0.2) is 35.8 Å². The van der Waals surface area contributed by atoms with Crippen LogP contribution in [0.5, 0.6) is 0 Å². The maximum atomic E-state index is 13.7. The van der Waals surface area contributed by atoms with Crippen LogP contribution >= 0.6 is 11.3 Å². The van der Waals surface area contributed by atoms with Crippen molar-refractivity contribution >= 4 is 21.4 Å². The Morgan fingerprint density at radius 3 is 3.00 bits per heavy atom. The summed E-state index contributed by atoms with van der Waals surface area (Å²) in [5.74, 6) is 0.426. The normalized spacial score (nSPS) is 11.1. The molecule has 0 radical (unpaired) electrons. The zero-order valence-corrected chi connectivity index (χ0v) is 11.0. The Balaban J connectivity index is 2.14. The SMILES string of the molecule is NCCc1ccnc(-c2csc3c(F)cccc23)n1. The highest BCUT2D eigenvalue weighted by atomic mass is 32.1. The number of thiophene rings is 1. The van der Waals surface area contributed by atoms with Gasteiger partial charge in [-0.25, -0.2) is 14.4 Å². The minimum Gasteiger partial charge on any atom is -0.330 e. The largest absolute Gasteiger partial charge is 0.330 e. The Kier molecular flexibility index (Phi) is 3.23. The molecule has 0 amide bonds. The van der Waals surface area contributed by atoms with E-state index in [0.29, 0.717) is 23.5 Å². The maximum Gasteiger partial charge on any atom is 0.160 e. The predicted octanol–water partition coefficient (Wildman–Crippen LogP) is 3.00. The summed E-state index contributed by atoms with van der Waals surface area (Å²) in [7, 11) is 0. The van der Waals surface area contributed by atoms with Gasteiger partial charge in [0.15, 0.2) is 5.82 Å². The number of nitrogens with two attached hydrogens (primary N) is 1. The molecular formula is C14H12FN3S. The monoisotopic (exact) mass is 273 g/mol. The van der Waals surface area contributed by atoms with Crippen molar-refractivity contribution in [3.8, 4) is 11.4 Å². The number of aromatic nitrogens is 2. The highest BCUT2D eigenvalue weighted by molar-refractivity contribution is 7.17. The van der Waals surface area contributed by atoms with E-state index in [4.69, 9.17) is 5.73 Å². The summed E-state index contributed by atoms with van der Waals surface area (Å²) >= 11 is 1.37. The first-order chi connectivity index (χ1) is 9.29. The van der Waals surface area contributed by atoms with Crippen molar-refractivity contribution in [3.63, 3.8) is 0 Å². The molecule has 5 heteroatoms. The molecule has 2 aromatic heterocycles. The first-order valence-electron chi connectivity index (χ1n) is 5.97. The highest BCUT2D eigenvalue weighted by Gasteiger charge is 2.11. The zero-order valence-electron chi connectivity index (χ0n) is 10.1. The van der Waals surface area contributed by atoms with Crippen LogP contribution in [0, 0.1) is 5.82 Å². The minimum atomic E-state index is -0.202. The molecule has 0 fully saturated rings. The van der Waals surface area contributed by atoms with E-state index in [1.54, 1.807) is 12.3 Å². The van der Waals surface area contributed by atoms with Crippen molar-refractivity contribution in [2.45, 2.75) is 6.42 Å². The van der Waals surface area contributed by atoms with Crippen molar-refractivity contribution in [2.75, 3.05) is 6.54 Å². The van der Waals surface area contributed by atoms with E-state index in [1.807, 2.05) is 17.5 Å². The summed E-state index contributed by atoms with van der Waals surface area (Å²) in [6.07, 6.45) is 2.43. The fourth-order valence-corrected chi connectivity index (χ4v) is 2.96. The van der Waals surface area contributed by atoms with Crippen LogP contribution in [0.25, 0.3) is 21.5 Å². The van der Waals surface area contributed by atoms with E-state index in [-0.39, 0.29) is 5.82 Å². The number of hydrogen-bond acceptors (Lipinski definition) is 4. The Labute approximate surface area is 113 Å². The fourth-order valence-electron chi connectivity index (χ4n) is 2.01. The van der Waals surface area contributed by atoms with Gasteiger partial charge in [-0.15, -0.1) is 11.3 Å². The van der Waals surface area contributed by atoms with Gasteiger partial charge in [0, 0.05) is 34.6 Å². The molecule has 0 saturated heterocycles. The van der Waals surface area contributed by atoms with Gasteiger partial charge in [-0.05, 0) is 18.7 Å². The van der Waals surface area contributed by atoms with Gasteiger partial charge in [0.1, 0.15) is 5.82 Å². The van der Waals surface area contributed by atoms with E-state index in [9.17, 15) is 4.39 Å². The highest BCUT2D eigenvalue weighted by Crippen LogP contribution is 2.33. The summed E-state index contributed by atoms with van der Waals surface area (Å²) in [4.78, 5) is 8.75. The molecule has 3 nitrogen and oxygen atoms in total. The summed E-state index contributed by atoms with van der Waals surface area (Å²) in [5, 5.41) is 2.75. The number of hydrogen-bond donors (Lipinski definition) is 1. The molecule has 0 spiro atoms. The van der Waals surface area contributed by atoms with Crippen molar-refractivity contribution in [1.29, 1.82) is 0 Å². The molecule has 0 saturated carbocycles. The van der Waals surface area contributed by atoms with Crippen LogP contribution in [-0.2, 0) is 6.42 Å². The van der Waals surface area contributed by atoms with Gasteiger partial charge < -0.3 is 5.73 Å². The fraction of sp³-hybridized carbons (Fsp3) is 0.143. The molecule has 19 heavy (non-hydrogen) atoms. The van der Waals surface area contributed by atoms with Crippen molar-refractivity contribution < 1.29 is 4.39 Å². The molecule has 3 aromatic rings. The molecule has 2 heterocycles. The molecule has 3 rings (SSSR count). The van der Waals surface area contributed by atoms with Gasteiger partial charge in [0.25, 0.3) is 0 Å². The number of halogens is 1. The molecular weight excluding hydrogens is 261 g/mol. The average Bonchev–Trinajstić information content (AvgIpc) is 2.85. The standard InChI is InChI=1S/C14H12FN3S/c15-12-3-1-2-10-11(8-19-13(10)12)14-17-7-5-9(18-14)4-6-16/h1-3,5,7-8H,4,6,16H2. The van der Waals surface area contributed by atoms with Crippen LogP contribution in [0.1, 0.15) is 5.69 Å². The second-order valence-corrected chi connectivity index (χ2v) is 5.06. The van der Waals surface area contributed by atoms with Crippen molar-refractivity contribution in [3.05, 3.63) is 47.4 Å². The summed E-state index contributed by atoms with van der Waals surface area (Å²) in [6, 6.07) is 6.92. The summed E-state index contributed by atoms with van der Waals surface area (Å²) in [5.41, 5.74) is 7.31. The third-order valence-corrected chi connectivity index (χ3v) is 3.91. The second kappa shape index (κ2) is 5.03. The number of rotatable bonds is 3. The topological polar surface area (TPSA) is 51.8 Å². The molecule has 0 aliphatic heterocycles. The van der Waals surface area contributed by atoms with Gasteiger partial charge in [0.2, 0.25) is 0 Å². The maximum absolute atomic E-state index is 13.7. The first kappa shape index (κ1) is 12.2. The number of fused-ring (bicyclic) bond motifs is 1. The Hall–Kier alpha value is -1.85. The van der Waals surface area contributed by atoms with E-state index in [1.165, 1.54) is 17.4 Å². The van der Waals surface area contributed by atoms with E-state index in [0.717, 1.165) is 16.6 Å². The third kappa shape index (κ3) is 2.22. The van der Waals surface area contributed by atoms with Gasteiger partial charge in [-0.1, -0.05) is 12.1 Å². The molecule has 0 atom stereocenters. The lowest BCUT2D eigenvalue weighted by atomic mass is 10.1. The quantitative estimate of drug-likeness (QED) is 0.798. The van der Waals surface area contributed by atoms with Gasteiger partial charge in [-0.2, -0.15) is 0 Å². The molecule has 0 aliphatic rings. The van der Waals surface area contributed by atoms with Crippen LogP contribution in [-0.4, -0.2) is 16.5 Å². The Bertz CT molecular complexity index is 724. The summed E-state index contributed by atoms with van der Waals surface area (Å²) < 4.78 is 14.3. The predicted molar refractivity (Wildman–Crippen MR) is 75.6 cm³/mol. The smallest absolute Gasteiger partial charge is 0.160 e. The molecule has 0 bridgehead atoms. The second-order valence-electron chi connectivity index (χ2n) is 4.18. The van der Waals surface area contributed by atoms with Crippen LogP contribution < -0.4 is 5.73 Å². The lowest BCUT2D eigenvalue weighted by Gasteiger charge is -2.02. The number of nitrogens with zero attached hydrogens (tertiary/aromatic N) is 2. The van der Waals surface area contributed by atoms with Crippen LogP contribution in [0.2, 0.25) is 0 Å². The van der Waals surface area contributed by atoms with E-state index >= 15 is 0 Å². The molecule has 2 N–H and O–H groups in total. The first-order valence-corrected chi connectivity index (χ1v) is 6.85. The van der Waals surface area contributed by atoms with Gasteiger partial charge >= 0.3 is 0 Å². The van der Waals surface area contributed by atoms with E-state index in [2.05, 4.69) is 9.97 Å². The van der Waals surface area contributed by atoms with Crippen molar-refractivity contribution in [1.82, 2.24) is 9.97 Å². The molecule has 0 unspecified atom stereocenters. The van der Waals surface area contributed by atoms with E-state index < -0.39 is 0 Å². The summed E-state index contributed by atoms with van der Waals surface area (Å²) in [6.45, 7) is 0.551. The van der Waals surface area contributed by atoms with Gasteiger partial charge in [-0.3, -0.25) is 0 Å². The molecule has 96 valence electrons. The van der Waals surface area contributed by atoms with Gasteiger partial charge in [0.05, 0.1) is 4.70 Å².